The van der Waals surface area contributed by atoms with Gasteiger partial charge in [-0.2, -0.15) is 0 Å². The Hall–Kier alpha value is -1.02. The molecule has 1 fully saturated rings. The lowest BCUT2D eigenvalue weighted by Crippen LogP contribution is -2.31. The largest absolute Gasteiger partial charge is 0.496 e. The van der Waals surface area contributed by atoms with Gasteiger partial charge in [-0.05, 0) is 56.2 Å². The summed E-state index contributed by atoms with van der Waals surface area (Å²) in [7, 11) is 1.80. The number of hydrogen-bond acceptors (Lipinski definition) is 2. The van der Waals surface area contributed by atoms with Gasteiger partial charge >= 0.3 is 0 Å². The maximum atomic E-state index is 5.76. The zero-order valence-corrected chi connectivity index (χ0v) is 14.3. The number of nitrogens with one attached hydrogen (secondary N) is 1. The Morgan fingerprint density at radius 2 is 1.86 bits per heavy atom. The number of benzene rings is 1. The second kappa shape index (κ2) is 7.31. The molecule has 0 aliphatic heterocycles. The van der Waals surface area contributed by atoms with Crippen LogP contribution in [-0.4, -0.2) is 13.7 Å². The van der Waals surface area contributed by atoms with Crippen LogP contribution < -0.4 is 10.1 Å². The van der Waals surface area contributed by atoms with Gasteiger partial charge in [0.1, 0.15) is 5.75 Å². The van der Waals surface area contributed by atoms with Crippen molar-refractivity contribution in [2.24, 2.45) is 11.8 Å². The average molecular weight is 289 g/mol. The van der Waals surface area contributed by atoms with Gasteiger partial charge in [-0.25, -0.2) is 0 Å². The number of ether oxygens (including phenoxy) is 1. The Morgan fingerprint density at radius 1 is 1.19 bits per heavy atom. The van der Waals surface area contributed by atoms with Crippen LogP contribution in [0.15, 0.2) is 12.1 Å². The summed E-state index contributed by atoms with van der Waals surface area (Å²) in [6.07, 6.45) is 5.38. The molecule has 1 aromatic carbocycles. The molecule has 0 radical (unpaired) electrons. The summed E-state index contributed by atoms with van der Waals surface area (Å²) >= 11 is 0. The highest BCUT2D eigenvalue weighted by Crippen LogP contribution is 2.41. The monoisotopic (exact) mass is 289 g/mol. The summed E-state index contributed by atoms with van der Waals surface area (Å²) < 4.78 is 5.76. The molecule has 0 saturated heterocycles. The number of methoxy groups -OCH3 is 1. The minimum atomic E-state index is 0.428. The Bertz CT molecular complexity index is 461. The smallest absolute Gasteiger partial charge is 0.126 e. The third-order valence-corrected chi connectivity index (χ3v) is 5.20. The Morgan fingerprint density at radius 3 is 2.43 bits per heavy atom. The molecule has 1 aliphatic rings. The molecule has 0 bridgehead atoms. The summed E-state index contributed by atoms with van der Waals surface area (Å²) in [5.41, 5.74) is 3.94. The summed E-state index contributed by atoms with van der Waals surface area (Å²) in [6.45, 7) is 9.92. The van der Waals surface area contributed by atoms with Crippen LogP contribution in [0.5, 0.6) is 5.75 Å². The molecule has 0 aromatic heterocycles. The lowest BCUT2D eigenvalue weighted by atomic mass is 9.77. The average Bonchev–Trinajstić information content (AvgIpc) is 2.49. The molecule has 0 heterocycles. The van der Waals surface area contributed by atoms with Gasteiger partial charge in [0.2, 0.25) is 0 Å². The fourth-order valence-corrected chi connectivity index (χ4v) is 3.70. The summed E-state index contributed by atoms with van der Waals surface area (Å²) in [5.74, 6) is 2.71. The number of hydrogen-bond donors (Lipinski definition) is 1. The van der Waals surface area contributed by atoms with Crippen LogP contribution in [0.25, 0.3) is 0 Å². The molecule has 118 valence electrons. The number of rotatable bonds is 5. The van der Waals surface area contributed by atoms with Crippen LogP contribution in [0.1, 0.15) is 62.3 Å². The Balaban J connectivity index is 2.32. The van der Waals surface area contributed by atoms with Crippen molar-refractivity contribution >= 4 is 0 Å². The van der Waals surface area contributed by atoms with Crippen molar-refractivity contribution in [1.29, 1.82) is 0 Å². The van der Waals surface area contributed by atoms with E-state index < -0.39 is 0 Å². The minimum absolute atomic E-state index is 0.428. The molecule has 1 unspecified atom stereocenters. The van der Waals surface area contributed by atoms with Crippen LogP contribution in [0, 0.1) is 25.7 Å². The van der Waals surface area contributed by atoms with E-state index in [2.05, 4.69) is 45.1 Å². The quantitative estimate of drug-likeness (QED) is 0.841. The molecule has 2 rings (SSSR count). The molecular formula is C19H31NO. The highest BCUT2D eigenvalue weighted by molar-refractivity contribution is 5.47. The molecule has 1 saturated carbocycles. The van der Waals surface area contributed by atoms with Crippen molar-refractivity contribution < 1.29 is 4.74 Å². The molecule has 2 nitrogen and oxygen atoms in total. The molecule has 1 atom stereocenters. The second-order valence-corrected chi connectivity index (χ2v) is 6.69. The fourth-order valence-electron chi connectivity index (χ4n) is 3.70. The highest BCUT2D eigenvalue weighted by Gasteiger charge is 2.29. The van der Waals surface area contributed by atoms with Gasteiger partial charge in [-0.1, -0.05) is 38.8 Å². The van der Waals surface area contributed by atoms with Gasteiger partial charge in [0.15, 0.2) is 0 Å². The molecule has 0 amide bonds. The van der Waals surface area contributed by atoms with E-state index >= 15 is 0 Å². The van der Waals surface area contributed by atoms with E-state index in [9.17, 15) is 0 Å². The fraction of sp³-hybridized carbons (Fsp3) is 0.684. The Kier molecular flexibility index (Phi) is 5.69. The van der Waals surface area contributed by atoms with E-state index in [1.165, 1.54) is 42.4 Å². The minimum Gasteiger partial charge on any atom is -0.496 e. The van der Waals surface area contributed by atoms with Crippen molar-refractivity contribution in [2.45, 2.75) is 59.4 Å². The topological polar surface area (TPSA) is 21.3 Å². The van der Waals surface area contributed by atoms with Gasteiger partial charge < -0.3 is 10.1 Å². The molecule has 1 aromatic rings. The zero-order chi connectivity index (χ0) is 15.4. The van der Waals surface area contributed by atoms with Crippen LogP contribution >= 0.6 is 0 Å². The first-order valence-corrected chi connectivity index (χ1v) is 8.45. The summed E-state index contributed by atoms with van der Waals surface area (Å²) in [5, 5.41) is 3.72. The maximum absolute atomic E-state index is 5.76. The van der Waals surface area contributed by atoms with Crippen molar-refractivity contribution in [2.75, 3.05) is 13.7 Å². The van der Waals surface area contributed by atoms with Crippen LogP contribution in [0.3, 0.4) is 0 Å². The van der Waals surface area contributed by atoms with Gasteiger partial charge in [0, 0.05) is 11.6 Å². The first-order valence-electron chi connectivity index (χ1n) is 8.45. The molecule has 0 spiro atoms. The SMILES string of the molecule is CCNC(c1ccc(C)c(C)c1OC)C1CCC(C)CC1. The molecule has 2 heteroatoms. The first kappa shape index (κ1) is 16.4. The molecular weight excluding hydrogens is 258 g/mol. The van der Waals surface area contributed by atoms with Crippen LogP contribution in [0.2, 0.25) is 0 Å². The predicted octanol–water partition coefficient (Wildman–Crippen LogP) is 4.79. The molecule has 21 heavy (non-hydrogen) atoms. The van der Waals surface area contributed by atoms with Gasteiger partial charge in [0.05, 0.1) is 7.11 Å². The Labute approximate surface area is 130 Å². The van der Waals surface area contributed by atoms with Crippen molar-refractivity contribution in [3.63, 3.8) is 0 Å². The number of aryl methyl sites for hydroxylation is 1. The highest BCUT2D eigenvalue weighted by atomic mass is 16.5. The van der Waals surface area contributed by atoms with E-state index in [1.807, 2.05) is 0 Å². The van der Waals surface area contributed by atoms with E-state index in [0.717, 1.165) is 24.1 Å². The van der Waals surface area contributed by atoms with E-state index in [0.29, 0.717) is 6.04 Å². The van der Waals surface area contributed by atoms with E-state index in [4.69, 9.17) is 4.74 Å². The zero-order valence-electron chi connectivity index (χ0n) is 14.3. The standard InChI is InChI=1S/C19H31NO/c1-6-20-18(16-10-7-13(2)8-11-16)17-12-9-14(3)15(4)19(17)21-5/h9,12-13,16,18,20H,6-8,10-11H2,1-5H3. The van der Waals surface area contributed by atoms with Gasteiger partial charge in [-0.3, -0.25) is 0 Å². The normalized spacial score (nSPS) is 23.9. The molecule has 1 N–H and O–H groups in total. The summed E-state index contributed by atoms with van der Waals surface area (Å²) in [4.78, 5) is 0. The maximum Gasteiger partial charge on any atom is 0.126 e. The van der Waals surface area contributed by atoms with E-state index in [1.54, 1.807) is 7.11 Å². The van der Waals surface area contributed by atoms with Crippen LogP contribution in [0.4, 0.5) is 0 Å². The predicted molar refractivity (Wildman–Crippen MR) is 90.0 cm³/mol. The van der Waals surface area contributed by atoms with Gasteiger partial charge in [-0.15, -0.1) is 0 Å². The molecule has 1 aliphatic carbocycles. The van der Waals surface area contributed by atoms with Crippen molar-refractivity contribution in [3.8, 4) is 5.75 Å². The van der Waals surface area contributed by atoms with Gasteiger partial charge in [0.25, 0.3) is 0 Å². The third-order valence-electron chi connectivity index (χ3n) is 5.20. The van der Waals surface area contributed by atoms with Crippen molar-refractivity contribution in [1.82, 2.24) is 5.32 Å². The lowest BCUT2D eigenvalue weighted by Gasteiger charge is -2.34. The second-order valence-electron chi connectivity index (χ2n) is 6.69. The lowest BCUT2D eigenvalue weighted by molar-refractivity contribution is 0.229. The first-order chi connectivity index (χ1) is 10.1. The van der Waals surface area contributed by atoms with Crippen molar-refractivity contribution in [3.05, 3.63) is 28.8 Å². The third kappa shape index (κ3) is 3.60. The van der Waals surface area contributed by atoms with Crippen LogP contribution in [-0.2, 0) is 0 Å². The van der Waals surface area contributed by atoms with E-state index in [-0.39, 0.29) is 0 Å². The summed E-state index contributed by atoms with van der Waals surface area (Å²) in [6, 6.07) is 4.94.